The standard InChI is InChI=1S/C21H19FN2O3S/c1-14-7-12-20(18(22)13-14)23-21(25)16-8-10-17(11-9-16)28(26,27)24-19-6-4-3-5-15(19)2/h3-13,24H,1-2H3,(H,23,25). The van der Waals surface area contributed by atoms with E-state index in [1.165, 1.54) is 36.4 Å². The van der Waals surface area contributed by atoms with Gasteiger partial charge in [0.25, 0.3) is 15.9 Å². The first kappa shape index (κ1) is 19.6. The predicted molar refractivity (Wildman–Crippen MR) is 108 cm³/mol. The highest BCUT2D eigenvalue weighted by Crippen LogP contribution is 2.20. The minimum Gasteiger partial charge on any atom is -0.319 e. The highest BCUT2D eigenvalue weighted by molar-refractivity contribution is 7.92. The zero-order chi connectivity index (χ0) is 20.3. The maximum absolute atomic E-state index is 13.9. The quantitative estimate of drug-likeness (QED) is 0.665. The van der Waals surface area contributed by atoms with E-state index in [4.69, 9.17) is 0 Å². The normalized spacial score (nSPS) is 11.1. The van der Waals surface area contributed by atoms with Crippen molar-refractivity contribution in [1.82, 2.24) is 0 Å². The number of para-hydroxylation sites is 1. The molecule has 0 radical (unpaired) electrons. The molecule has 0 aliphatic carbocycles. The van der Waals surface area contributed by atoms with Gasteiger partial charge in [-0.3, -0.25) is 9.52 Å². The summed E-state index contributed by atoms with van der Waals surface area (Å²) in [7, 11) is -3.79. The zero-order valence-electron chi connectivity index (χ0n) is 15.4. The molecular weight excluding hydrogens is 379 g/mol. The Morgan fingerprint density at radius 3 is 2.21 bits per heavy atom. The van der Waals surface area contributed by atoms with Crippen molar-refractivity contribution < 1.29 is 17.6 Å². The molecule has 144 valence electrons. The smallest absolute Gasteiger partial charge is 0.261 e. The minimum absolute atomic E-state index is 0.0221. The molecule has 28 heavy (non-hydrogen) atoms. The topological polar surface area (TPSA) is 75.3 Å². The molecule has 1 amide bonds. The molecule has 0 aliphatic rings. The van der Waals surface area contributed by atoms with E-state index in [2.05, 4.69) is 10.0 Å². The Labute approximate surface area is 163 Å². The number of carbonyl (C=O) groups excluding carboxylic acids is 1. The van der Waals surface area contributed by atoms with Crippen LogP contribution in [0.2, 0.25) is 0 Å². The summed E-state index contributed by atoms with van der Waals surface area (Å²) in [6.07, 6.45) is 0. The van der Waals surface area contributed by atoms with Crippen LogP contribution in [0.25, 0.3) is 0 Å². The van der Waals surface area contributed by atoms with Gasteiger partial charge in [-0.2, -0.15) is 0 Å². The van der Waals surface area contributed by atoms with E-state index in [9.17, 15) is 17.6 Å². The molecular formula is C21H19FN2O3S. The third kappa shape index (κ3) is 4.37. The number of nitrogens with one attached hydrogen (secondary N) is 2. The average molecular weight is 398 g/mol. The largest absolute Gasteiger partial charge is 0.319 e. The Bertz CT molecular complexity index is 1130. The van der Waals surface area contributed by atoms with Crippen LogP contribution in [-0.4, -0.2) is 14.3 Å². The Morgan fingerprint density at radius 1 is 0.893 bits per heavy atom. The maximum Gasteiger partial charge on any atom is 0.261 e. The molecule has 7 heteroatoms. The number of halogens is 1. The van der Waals surface area contributed by atoms with Gasteiger partial charge in [0.1, 0.15) is 5.82 Å². The van der Waals surface area contributed by atoms with Crippen molar-refractivity contribution in [2.45, 2.75) is 18.7 Å². The lowest BCUT2D eigenvalue weighted by atomic mass is 10.2. The van der Waals surface area contributed by atoms with Gasteiger partial charge in [0.05, 0.1) is 16.3 Å². The number of carbonyl (C=O) groups is 1. The number of hydrogen-bond donors (Lipinski definition) is 2. The van der Waals surface area contributed by atoms with Gasteiger partial charge in [0.2, 0.25) is 0 Å². The van der Waals surface area contributed by atoms with Crippen molar-refractivity contribution in [1.29, 1.82) is 0 Å². The Kier molecular flexibility index (Phi) is 5.46. The van der Waals surface area contributed by atoms with Crippen LogP contribution in [0, 0.1) is 19.7 Å². The van der Waals surface area contributed by atoms with Crippen LogP contribution >= 0.6 is 0 Å². The van der Waals surface area contributed by atoms with Gasteiger partial charge in [-0.1, -0.05) is 24.3 Å². The van der Waals surface area contributed by atoms with E-state index in [1.807, 2.05) is 6.07 Å². The van der Waals surface area contributed by atoms with Gasteiger partial charge < -0.3 is 5.32 Å². The fourth-order valence-electron chi connectivity index (χ4n) is 2.59. The third-order valence-corrected chi connectivity index (χ3v) is 5.57. The van der Waals surface area contributed by atoms with E-state index in [1.54, 1.807) is 38.1 Å². The Hall–Kier alpha value is -3.19. The third-order valence-electron chi connectivity index (χ3n) is 4.19. The highest BCUT2D eigenvalue weighted by Gasteiger charge is 2.16. The molecule has 0 aliphatic heterocycles. The number of benzene rings is 3. The molecule has 0 saturated heterocycles. The molecule has 3 aromatic rings. The highest BCUT2D eigenvalue weighted by atomic mass is 32.2. The van der Waals surface area contributed by atoms with Crippen LogP contribution in [0.15, 0.2) is 71.6 Å². The second-order valence-electron chi connectivity index (χ2n) is 6.38. The second kappa shape index (κ2) is 7.82. The van der Waals surface area contributed by atoms with Gasteiger partial charge in [-0.15, -0.1) is 0 Å². The van der Waals surface area contributed by atoms with Crippen LogP contribution < -0.4 is 10.0 Å². The summed E-state index contributed by atoms with van der Waals surface area (Å²) in [5, 5.41) is 2.48. The number of anilines is 2. The van der Waals surface area contributed by atoms with Gasteiger partial charge in [-0.05, 0) is 67.4 Å². The number of hydrogen-bond acceptors (Lipinski definition) is 3. The van der Waals surface area contributed by atoms with Crippen molar-refractivity contribution in [2.24, 2.45) is 0 Å². The summed E-state index contributed by atoms with van der Waals surface area (Å²) < 4.78 is 41.5. The summed E-state index contributed by atoms with van der Waals surface area (Å²) in [6, 6.07) is 16.9. The molecule has 3 rings (SSSR count). The molecule has 0 unspecified atom stereocenters. The molecule has 0 saturated carbocycles. The van der Waals surface area contributed by atoms with Crippen molar-refractivity contribution in [3.63, 3.8) is 0 Å². The lowest BCUT2D eigenvalue weighted by Crippen LogP contribution is -2.15. The van der Waals surface area contributed by atoms with Gasteiger partial charge in [0.15, 0.2) is 0 Å². The molecule has 5 nitrogen and oxygen atoms in total. The first-order valence-corrected chi connectivity index (χ1v) is 10.0. The predicted octanol–water partition coefficient (Wildman–Crippen LogP) is 4.50. The van der Waals surface area contributed by atoms with Crippen molar-refractivity contribution in [3.8, 4) is 0 Å². The average Bonchev–Trinajstić information content (AvgIpc) is 2.66. The molecule has 0 bridgehead atoms. The first-order valence-electron chi connectivity index (χ1n) is 8.52. The van der Waals surface area contributed by atoms with E-state index in [0.717, 1.165) is 11.1 Å². The molecule has 0 heterocycles. The monoisotopic (exact) mass is 398 g/mol. The van der Waals surface area contributed by atoms with Crippen LogP contribution in [-0.2, 0) is 10.0 Å². The minimum atomic E-state index is -3.79. The second-order valence-corrected chi connectivity index (χ2v) is 8.06. The molecule has 2 N–H and O–H groups in total. The lowest BCUT2D eigenvalue weighted by Gasteiger charge is -2.11. The Morgan fingerprint density at radius 2 is 1.57 bits per heavy atom. The van der Waals surface area contributed by atoms with Gasteiger partial charge in [0, 0.05) is 5.56 Å². The zero-order valence-corrected chi connectivity index (χ0v) is 16.2. The van der Waals surface area contributed by atoms with E-state index < -0.39 is 21.7 Å². The molecule has 0 spiro atoms. The van der Waals surface area contributed by atoms with Crippen molar-refractivity contribution >= 4 is 27.3 Å². The molecule has 0 aromatic heterocycles. The number of rotatable bonds is 5. The summed E-state index contributed by atoms with van der Waals surface area (Å²) in [6.45, 7) is 3.55. The van der Waals surface area contributed by atoms with Crippen LogP contribution in [0.3, 0.4) is 0 Å². The summed E-state index contributed by atoms with van der Waals surface area (Å²) in [5.74, 6) is -1.06. The number of amides is 1. The summed E-state index contributed by atoms with van der Waals surface area (Å²) in [5.41, 5.74) is 2.30. The summed E-state index contributed by atoms with van der Waals surface area (Å²) >= 11 is 0. The maximum atomic E-state index is 13.9. The van der Waals surface area contributed by atoms with E-state index in [-0.39, 0.29) is 16.1 Å². The SMILES string of the molecule is Cc1ccc(NC(=O)c2ccc(S(=O)(=O)Nc3ccccc3C)cc2)c(F)c1. The molecule has 3 aromatic carbocycles. The summed E-state index contributed by atoms with van der Waals surface area (Å²) in [4.78, 5) is 12.3. The fraction of sp³-hybridized carbons (Fsp3) is 0.0952. The fourth-order valence-corrected chi connectivity index (χ4v) is 3.72. The van der Waals surface area contributed by atoms with E-state index >= 15 is 0 Å². The first-order chi connectivity index (χ1) is 13.3. The van der Waals surface area contributed by atoms with Gasteiger partial charge in [-0.25, -0.2) is 12.8 Å². The number of aryl methyl sites for hydroxylation is 2. The van der Waals surface area contributed by atoms with Crippen LogP contribution in [0.1, 0.15) is 21.5 Å². The van der Waals surface area contributed by atoms with Crippen LogP contribution in [0.4, 0.5) is 15.8 Å². The van der Waals surface area contributed by atoms with Gasteiger partial charge >= 0.3 is 0 Å². The van der Waals surface area contributed by atoms with Crippen molar-refractivity contribution in [3.05, 3.63) is 89.2 Å². The Balaban J connectivity index is 1.77. The van der Waals surface area contributed by atoms with Crippen LogP contribution in [0.5, 0.6) is 0 Å². The lowest BCUT2D eigenvalue weighted by molar-refractivity contribution is 0.102. The number of sulfonamides is 1. The van der Waals surface area contributed by atoms with Crippen molar-refractivity contribution in [2.75, 3.05) is 10.0 Å². The molecule has 0 fully saturated rings. The molecule has 0 atom stereocenters. The van der Waals surface area contributed by atoms with E-state index in [0.29, 0.717) is 5.69 Å².